The van der Waals surface area contributed by atoms with Crippen LogP contribution >= 0.6 is 0 Å². The molecule has 0 saturated carbocycles. The Kier molecular flexibility index (Phi) is 5.89. The Labute approximate surface area is 203 Å². The van der Waals surface area contributed by atoms with Crippen LogP contribution in [0.25, 0.3) is 0 Å². The van der Waals surface area contributed by atoms with E-state index >= 15 is 0 Å². The minimum absolute atomic E-state index is 0.231. The van der Waals surface area contributed by atoms with Gasteiger partial charge in [-0.15, -0.1) is 0 Å². The molecule has 0 aliphatic carbocycles. The van der Waals surface area contributed by atoms with E-state index in [9.17, 15) is 9.59 Å². The molecule has 0 saturated heterocycles. The van der Waals surface area contributed by atoms with E-state index in [0.29, 0.717) is 34.0 Å². The summed E-state index contributed by atoms with van der Waals surface area (Å²) in [6, 6.07) is 26.0. The number of aryl methyl sites for hydroxylation is 1. The third kappa shape index (κ3) is 4.31. The maximum Gasteiger partial charge on any atom is 0.261 e. The molecule has 1 aliphatic heterocycles. The predicted octanol–water partition coefficient (Wildman–Crippen LogP) is 5.37. The number of amides is 2. The third-order valence-corrected chi connectivity index (χ3v) is 6.06. The van der Waals surface area contributed by atoms with Gasteiger partial charge in [0.15, 0.2) is 0 Å². The van der Waals surface area contributed by atoms with Crippen molar-refractivity contribution in [1.29, 1.82) is 0 Å². The van der Waals surface area contributed by atoms with Crippen LogP contribution in [-0.2, 0) is 4.79 Å². The van der Waals surface area contributed by atoms with Gasteiger partial charge in [0.1, 0.15) is 17.4 Å². The third-order valence-electron chi connectivity index (χ3n) is 6.06. The molecule has 174 valence electrons. The molecule has 7 heteroatoms. The quantitative estimate of drug-likeness (QED) is 0.371. The molecule has 0 fully saturated rings. The van der Waals surface area contributed by atoms with Crippen molar-refractivity contribution in [2.75, 3.05) is 16.0 Å². The van der Waals surface area contributed by atoms with Gasteiger partial charge in [-0.1, -0.05) is 60.7 Å². The summed E-state index contributed by atoms with van der Waals surface area (Å²) in [6.45, 7) is 3.85. The standard InChI is InChI=1S/C28H25N5O2/c1-18-11-9-10-16-22(18)25-24(28(35)32-21-14-7-4-8-15-21)19(2)30-26-23(17-29-33(25)26)27(34)31-20-12-5-3-6-13-20/h3-17,25,30H,1-2H3,(H,31,34)(H,32,35). The van der Waals surface area contributed by atoms with Gasteiger partial charge in [-0.25, -0.2) is 4.68 Å². The number of benzene rings is 3. The fourth-order valence-corrected chi connectivity index (χ4v) is 4.34. The Morgan fingerprint density at radius 2 is 1.37 bits per heavy atom. The monoisotopic (exact) mass is 463 g/mol. The summed E-state index contributed by atoms with van der Waals surface area (Å²) in [7, 11) is 0. The van der Waals surface area contributed by atoms with Crippen LogP contribution in [0.1, 0.15) is 34.5 Å². The number of nitrogens with one attached hydrogen (secondary N) is 3. The molecule has 35 heavy (non-hydrogen) atoms. The van der Waals surface area contributed by atoms with Gasteiger partial charge in [0.25, 0.3) is 11.8 Å². The molecule has 7 nitrogen and oxygen atoms in total. The minimum atomic E-state index is -0.505. The first-order chi connectivity index (χ1) is 17.0. The molecule has 3 N–H and O–H groups in total. The SMILES string of the molecule is CC1=C(C(=O)Nc2ccccc2)C(c2ccccc2C)n2ncc(C(=O)Nc3ccccc3)c2N1. The average molecular weight is 464 g/mol. The number of allylic oxidation sites excluding steroid dienone is 1. The molecular weight excluding hydrogens is 438 g/mol. The molecule has 1 unspecified atom stereocenters. The van der Waals surface area contributed by atoms with Crippen molar-refractivity contribution in [2.24, 2.45) is 0 Å². The minimum Gasteiger partial charge on any atom is -0.343 e. The zero-order valence-electron chi connectivity index (χ0n) is 19.4. The van der Waals surface area contributed by atoms with Crippen molar-refractivity contribution in [3.05, 3.63) is 119 Å². The van der Waals surface area contributed by atoms with E-state index in [2.05, 4.69) is 21.0 Å². The van der Waals surface area contributed by atoms with Gasteiger partial charge in [-0.2, -0.15) is 5.10 Å². The zero-order valence-corrected chi connectivity index (χ0v) is 19.4. The summed E-state index contributed by atoms with van der Waals surface area (Å²) in [5.74, 6) is 0.0322. The van der Waals surface area contributed by atoms with Crippen LogP contribution < -0.4 is 16.0 Å². The summed E-state index contributed by atoms with van der Waals surface area (Å²) in [4.78, 5) is 26.7. The molecule has 5 rings (SSSR count). The van der Waals surface area contributed by atoms with Gasteiger partial charge in [-0.05, 0) is 49.2 Å². The van der Waals surface area contributed by atoms with Crippen LogP contribution in [0.4, 0.5) is 17.2 Å². The number of hydrogen-bond donors (Lipinski definition) is 3. The van der Waals surface area contributed by atoms with Crippen LogP contribution in [0.2, 0.25) is 0 Å². The maximum atomic E-state index is 13.5. The Morgan fingerprint density at radius 3 is 2.00 bits per heavy atom. The van der Waals surface area contributed by atoms with Gasteiger partial charge in [-0.3, -0.25) is 9.59 Å². The second-order valence-corrected chi connectivity index (χ2v) is 8.41. The zero-order chi connectivity index (χ0) is 24.4. The number of carbonyl (C=O) groups is 2. The highest BCUT2D eigenvalue weighted by atomic mass is 16.2. The smallest absolute Gasteiger partial charge is 0.261 e. The van der Waals surface area contributed by atoms with Gasteiger partial charge in [0.2, 0.25) is 0 Å². The van der Waals surface area contributed by atoms with Crippen LogP contribution in [-0.4, -0.2) is 21.6 Å². The van der Waals surface area contributed by atoms with Crippen LogP contribution in [0.5, 0.6) is 0 Å². The lowest BCUT2D eigenvalue weighted by Crippen LogP contribution is -2.32. The molecule has 1 atom stereocenters. The second kappa shape index (κ2) is 9.30. The number of anilines is 3. The Balaban J connectivity index is 1.56. The van der Waals surface area contributed by atoms with Crippen LogP contribution in [0, 0.1) is 6.92 Å². The summed E-state index contributed by atoms with van der Waals surface area (Å²) < 4.78 is 1.72. The number of fused-ring (bicyclic) bond motifs is 1. The van der Waals surface area contributed by atoms with Gasteiger partial charge >= 0.3 is 0 Å². The summed E-state index contributed by atoms with van der Waals surface area (Å²) in [5.41, 5.74) is 4.95. The number of para-hydroxylation sites is 2. The van der Waals surface area contributed by atoms with Crippen molar-refractivity contribution < 1.29 is 9.59 Å². The highest BCUT2D eigenvalue weighted by Gasteiger charge is 2.35. The van der Waals surface area contributed by atoms with Crippen LogP contribution in [0.15, 0.2) is 102 Å². The largest absolute Gasteiger partial charge is 0.343 e. The first-order valence-corrected chi connectivity index (χ1v) is 11.4. The predicted molar refractivity (Wildman–Crippen MR) is 137 cm³/mol. The molecule has 1 aliphatic rings. The molecule has 3 aromatic carbocycles. The number of carbonyl (C=O) groups excluding carboxylic acids is 2. The summed E-state index contributed by atoms with van der Waals surface area (Å²) in [6.07, 6.45) is 1.54. The van der Waals surface area contributed by atoms with E-state index in [1.54, 1.807) is 4.68 Å². The molecule has 1 aromatic heterocycles. The summed E-state index contributed by atoms with van der Waals surface area (Å²) in [5, 5.41) is 13.8. The first-order valence-electron chi connectivity index (χ1n) is 11.4. The lowest BCUT2D eigenvalue weighted by molar-refractivity contribution is -0.113. The molecular formula is C28H25N5O2. The topological polar surface area (TPSA) is 88.0 Å². The summed E-state index contributed by atoms with van der Waals surface area (Å²) >= 11 is 0. The Bertz CT molecular complexity index is 1420. The van der Waals surface area contributed by atoms with Crippen molar-refractivity contribution in [3.63, 3.8) is 0 Å². The molecule has 0 radical (unpaired) electrons. The molecule has 2 heterocycles. The number of nitrogens with zero attached hydrogens (tertiary/aromatic N) is 2. The molecule has 0 spiro atoms. The van der Waals surface area contributed by atoms with E-state index in [0.717, 1.165) is 11.1 Å². The van der Waals surface area contributed by atoms with E-state index in [-0.39, 0.29) is 11.8 Å². The van der Waals surface area contributed by atoms with Gasteiger partial charge in [0, 0.05) is 17.1 Å². The van der Waals surface area contributed by atoms with Gasteiger partial charge in [0.05, 0.1) is 11.8 Å². The number of aromatic nitrogens is 2. The fourth-order valence-electron chi connectivity index (χ4n) is 4.34. The van der Waals surface area contributed by atoms with Crippen LogP contribution in [0.3, 0.4) is 0 Å². The maximum absolute atomic E-state index is 13.5. The Hall–Kier alpha value is -4.65. The van der Waals surface area contributed by atoms with Crippen molar-refractivity contribution in [2.45, 2.75) is 19.9 Å². The number of hydrogen-bond acceptors (Lipinski definition) is 4. The van der Waals surface area contributed by atoms with E-state index in [1.807, 2.05) is 98.8 Å². The lowest BCUT2D eigenvalue weighted by atomic mass is 9.91. The lowest BCUT2D eigenvalue weighted by Gasteiger charge is -2.31. The van der Waals surface area contributed by atoms with Gasteiger partial charge < -0.3 is 16.0 Å². The van der Waals surface area contributed by atoms with Crippen molar-refractivity contribution >= 4 is 29.0 Å². The number of rotatable bonds is 5. The van der Waals surface area contributed by atoms with E-state index < -0.39 is 6.04 Å². The van der Waals surface area contributed by atoms with Crippen molar-refractivity contribution in [1.82, 2.24) is 9.78 Å². The van der Waals surface area contributed by atoms with Crippen molar-refractivity contribution in [3.8, 4) is 0 Å². The average Bonchev–Trinajstić information content (AvgIpc) is 3.28. The Morgan fingerprint density at radius 1 is 0.800 bits per heavy atom. The molecule has 2 amide bonds. The first kappa shape index (κ1) is 22.2. The molecule has 0 bridgehead atoms. The van der Waals surface area contributed by atoms with E-state index in [1.165, 1.54) is 6.20 Å². The second-order valence-electron chi connectivity index (χ2n) is 8.41. The highest BCUT2D eigenvalue weighted by Crippen LogP contribution is 2.39. The fraction of sp³-hybridized carbons (Fsp3) is 0.107. The molecule has 4 aromatic rings. The normalized spacial score (nSPS) is 14.6. The highest BCUT2D eigenvalue weighted by molar-refractivity contribution is 6.09. The van der Waals surface area contributed by atoms with E-state index in [4.69, 9.17) is 0 Å².